The molecule has 0 amide bonds. The summed E-state index contributed by atoms with van der Waals surface area (Å²) in [5, 5.41) is 18.5. The fourth-order valence-electron chi connectivity index (χ4n) is 4.26. The second kappa shape index (κ2) is 6.36. The lowest BCUT2D eigenvalue weighted by Gasteiger charge is -2.32. The lowest BCUT2D eigenvalue weighted by atomic mass is 9.85. The van der Waals surface area contributed by atoms with Gasteiger partial charge in [-0.05, 0) is 37.3 Å². The van der Waals surface area contributed by atoms with Crippen molar-refractivity contribution in [2.75, 3.05) is 0 Å². The van der Waals surface area contributed by atoms with Gasteiger partial charge in [-0.25, -0.2) is 0 Å². The van der Waals surface area contributed by atoms with E-state index in [1.165, 1.54) is 12.8 Å². The van der Waals surface area contributed by atoms with E-state index in [1.54, 1.807) is 11.0 Å². The maximum absolute atomic E-state index is 11.7. The van der Waals surface area contributed by atoms with Crippen LogP contribution in [-0.4, -0.2) is 43.1 Å². The molecule has 2 aromatic rings. The highest BCUT2D eigenvalue weighted by atomic mass is 16.4. The zero-order valence-corrected chi connectivity index (χ0v) is 13.6. The Morgan fingerprint density at radius 3 is 2.79 bits per heavy atom. The summed E-state index contributed by atoms with van der Waals surface area (Å²) in [5.74, 6) is -0.191. The summed E-state index contributed by atoms with van der Waals surface area (Å²) in [6, 6.07) is 9.76. The van der Waals surface area contributed by atoms with Crippen molar-refractivity contribution in [1.29, 1.82) is 0 Å². The fraction of sp³-hybridized carbons (Fsp3) is 0.500. The summed E-state index contributed by atoms with van der Waals surface area (Å²) in [4.78, 5) is 15.4. The summed E-state index contributed by atoms with van der Waals surface area (Å²) >= 11 is 0. The minimum absolute atomic E-state index is 0.377. The SMILES string of the molecule is O=C(O)[C@@H]1C[C@H]2CCCC[C@H]2N1Cc1cnn(-c2ccccc2)n1. The number of carboxylic acids is 1. The van der Waals surface area contributed by atoms with Gasteiger partial charge in [-0.15, -0.1) is 0 Å². The molecule has 1 saturated carbocycles. The highest BCUT2D eigenvalue weighted by molar-refractivity contribution is 5.74. The molecule has 1 saturated heterocycles. The average molecular weight is 326 g/mol. The Labute approximate surface area is 141 Å². The van der Waals surface area contributed by atoms with E-state index in [2.05, 4.69) is 15.1 Å². The van der Waals surface area contributed by atoms with E-state index in [1.807, 2.05) is 30.3 Å². The van der Waals surface area contributed by atoms with E-state index in [0.717, 1.165) is 30.6 Å². The van der Waals surface area contributed by atoms with Gasteiger partial charge in [0.15, 0.2) is 0 Å². The summed E-state index contributed by atoms with van der Waals surface area (Å²) < 4.78 is 0. The quantitative estimate of drug-likeness (QED) is 0.934. The van der Waals surface area contributed by atoms with Crippen LogP contribution >= 0.6 is 0 Å². The highest BCUT2D eigenvalue weighted by Gasteiger charge is 2.45. The molecule has 24 heavy (non-hydrogen) atoms. The van der Waals surface area contributed by atoms with E-state index in [-0.39, 0.29) is 6.04 Å². The molecule has 0 unspecified atom stereocenters. The number of benzene rings is 1. The molecule has 126 valence electrons. The summed E-state index contributed by atoms with van der Waals surface area (Å²) in [6.45, 7) is 0.560. The molecule has 0 radical (unpaired) electrons. The molecule has 1 aliphatic heterocycles. The van der Waals surface area contributed by atoms with Crippen molar-refractivity contribution in [2.45, 2.75) is 50.7 Å². The predicted octanol–water partition coefficient (Wildman–Crippen LogP) is 2.49. The van der Waals surface area contributed by atoms with Gasteiger partial charge in [0.25, 0.3) is 0 Å². The Kier molecular flexibility index (Phi) is 4.06. The molecule has 0 spiro atoms. The molecule has 1 N–H and O–H groups in total. The molecule has 1 aliphatic carbocycles. The fourth-order valence-corrected chi connectivity index (χ4v) is 4.26. The van der Waals surface area contributed by atoms with Crippen LogP contribution in [0, 0.1) is 5.92 Å². The van der Waals surface area contributed by atoms with Crippen LogP contribution in [0.1, 0.15) is 37.8 Å². The van der Waals surface area contributed by atoms with E-state index in [0.29, 0.717) is 18.5 Å². The Bertz CT molecular complexity index is 715. The minimum atomic E-state index is -0.708. The van der Waals surface area contributed by atoms with Crippen molar-refractivity contribution in [1.82, 2.24) is 19.9 Å². The molecule has 4 rings (SSSR count). The zero-order chi connectivity index (χ0) is 16.5. The van der Waals surface area contributed by atoms with Crippen LogP contribution in [0.2, 0.25) is 0 Å². The molecule has 1 aromatic heterocycles. The van der Waals surface area contributed by atoms with E-state index >= 15 is 0 Å². The second-order valence-corrected chi connectivity index (χ2v) is 6.83. The zero-order valence-electron chi connectivity index (χ0n) is 13.6. The Hall–Kier alpha value is -2.21. The third-order valence-corrected chi connectivity index (χ3v) is 5.38. The summed E-state index contributed by atoms with van der Waals surface area (Å²) in [7, 11) is 0. The lowest BCUT2D eigenvalue weighted by Crippen LogP contribution is -2.41. The monoisotopic (exact) mass is 326 g/mol. The average Bonchev–Trinajstić information content (AvgIpc) is 3.21. The lowest BCUT2D eigenvalue weighted by molar-refractivity contribution is -0.142. The van der Waals surface area contributed by atoms with Gasteiger partial charge < -0.3 is 5.11 Å². The third kappa shape index (κ3) is 2.82. The summed E-state index contributed by atoms with van der Waals surface area (Å²) in [6.07, 6.45) is 7.20. The number of likely N-dealkylation sites (tertiary alicyclic amines) is 1. The standard InChI is InChI=1S/C18H22N4O2/c23-18(24)17-10-13-6-4-5-9-16(13)21(17)12-14-11-19-22(20-14)15-7-2-1-3-8-15/h1-3,7-8,11,13,16-17H,4-6,9-10,12H2,(H,23,24)/t13-,16-,17+/m1/s1. The van der Waals surface area contributed by atoms with E-state index in [4.69, 9.17) is 0 Å². The normalized spacial score (nSPS) is 27.1. The molecule has 3 atom stereocenters. The first-order chi connectivity index (χ1) is 11.7. The molecule has 6 heteroatoms. The highest BCUT2D eigenvalue weighted by Crippen LogP contribution is 2.40. The van der Waals surface area contributed by atoms with Gasteiger partial charge in [-0.3, -0.25) is 9.69 Å². The van der Waals surface area contributed by atoms with Gasteiger partial charge in [0.05, 0.1) is 17.6 Å². The molecule has 2 aliphatic rings. The number of nitrogens with zero attached hydrogens (tertiary/aromatic N) is 4. The van der Waals surface area contributed by atoms with Crippen LogP contribution in [0.5, 0.6) is 0 Å². The molecule has 0 bridgehead atoms. The van der Waals surface area contributed by atoms with Gasteiger partial charge in [0, 0.05) is 12.6 Å². The van der Waals surface area contributed by atoms with Crippen LogP contribution in [0.15, 0.2) is 36.5 Å². The Balaban J connectivity index is 1.55. The topological polar surface area (TPSA) is 71.2 Å². The van der Waals surface area contributed by atoms with Gasteiger partial charge in [0.1, 0.15) is 6.04 Å². The Morgan fingerprint density at radius 2 is 2.00 bits per heavy atom. The number of fused-ring (bicyclic) bond motifs is 1. The molecule has 1 aromatic carbocycles. The van der Waals surface area contributed by atoms with E-state index in [9.17, 15) is 9.90 Å². The maximum Gasteiger partial charge on any atom is 0.320 e. The molecule has 2 fully saturated rings. The molecular formula is C18H22N4O2. The number of para-hydroxylation sites is 1. The predicted molar refractivity (Wildman–Crippen MR) is 88.7 cm³/mol. The van der Waals surface area contributed by atoms with Crippen LogP contribution < -0.4 is 0 Å². The van der Waals surface area contributed by atoms with Gasteiger partial charge in [-0.1, -0.05) is 31.0 Å². The number of carbonyl (C=O) groups is 1. The molecular weight excluding hydrogens is 304 g/mol. The Morgan fingerprint density at radius 1 is 1.21 bits per heavy atom. The first-order valence-electron chi connectivity index (χ1n) is 8.67. The minimum Gasteiger partial charge on any atom is -0.480 e. The third-order valence-electron chi connectivity index (χ3n) is 5.38. The van der Waals surface area contributed by atoms with Crippen LogP contribution in [0.3, 0.4) is 0 Å². The van der Waals surface area contributed by atoms with Gasteiger partial charge >= 0.3 is 5.97 Å². The number of aliphatic carboxylic acids is 1. The van der Waals surface area contributed by atoms with Crippen molar-refractivity contribution >= 4 is 5.97 Å². The van der Waals surface area contributed by atoms with Crippen molar-refractivity contribution < 1.29 is 9.90 Å². The van der Waals surface area contributed by atoms with Gasteiger partial charge in [-0.2, -0.15) is 15.0 Å². The molecule has 6 nitrogen and oxygen atoms in total. The number of rotatable bonds is 4. The number of hydrogen-bond acceptors (Lipinski definition) is 4. The largest absolute Gasteiger partial charge is 0.480 e. The van der Waals surface area contributed by atoms with Crippen molar-refractivity contribution in [3.8, 4) is 5.69 Å². The first-order valence-corrected chi connectivity index (χ1v) is 8.67. The van der Waals surface area contributed by atoms with Crippen molar-refractivity contribution in [3.05, 3.63) is 42.2 Å². The molecule has 2 heterocycles. The smallest absolute Gasteiger partial charge is 0.320 e. The summed E-state index contributed by atoms with van der Waals surface area (Å²) in [5.41, 5.74) is 1.74. The second-order valence-electron chi connectivity index (χ2n) is 6.83. The van der Waals surface area contributed by atoms with Crippen LogP contribution in [-0.2, 0) is 11.3 Å². The number of hydrogen-bond donors (Lipinski definition) is 1. The maximum atomic E-state index is 11.7. The van der Waals surface area contributed by atoms with E-state index < -0.39 is 5.97 Å². The number of carboxylic acid groups (broad SMARTS) is 1. The van der Waals surface area contributed by atoms with Crippen LogP contribution in [0.4, 0.5) is 0 Å². The number of aromatic nitrogens is 3. The first kappa shape index (κ1) is 15.3. The van der Waals surface area contributed by atoms with Crippen molar-refractivity contribution in [2.24, 2.45) is 5.92 Å². The van der Waals surface area contributed by atoms with Crippen molar-refractivity contribution in [3.63, 3.8) is 0 Å². The van der Waals surface area contributed by atoms with Crippen LogP contribution in [0.25, 0.3) is 5.69 Å². The van der Waals surface area contributed by atoms with Gasteiger partial charge in [0.2, 0.25) is 0 Å².